The van der Waals surface area contributed by atoms with Crippen molar-refractivity contribution in [1.82, 2.24) is 0 Å². The molecule has 0 aliphatic heterocycles. The maximum atomic E-state index is 13.8. The number of hydrogen-bond donors (Lipinski definition) is 1. The van der Waals surface area contributed by atoms with Crippen LogP contribution in [-0.2, 0) is 6.42 Å². The molecule has 0 aliphatic rings. The van der Waals surface area contributed by atoms with Crippen molar-refractivity contribution in [3.63, 3.8) is 0 Å². The molecule has 18 heavy (non-hydrogen) atoms. The van der Waals surface area contributed by atoms with Gasteiger partial charge in [0.2, 0.25) is 0 Å². The topological polar surface area (TPSA) is 29.5 Å². The lowest BCUT2D eigenvalue weighted by molar-refractivity contribution is 0.218. The van der Waals surface area contributed by atoms with E-state index in [0.29, 0.717) is 5.75 Å². The van der Waals surface area contributed by atoms with Crippen molar-refractivity contribution in [2.24, 2.45) is 0 Å². The second-order valence-corrected chi connectivity index (χ2v) is 5.15. The molecule has 0 aliphatic carbocycles. The van der Waals surface area contributed by atoms with E-state index in [2.05, 4.69) is 6.92 Å². The molecule has 1 unspecified atom stereocenters. The molecule has 2 aromatic rings. The first kappa shape index (κ1) is 13.1. The van der Waals surface area contributed by atoms with Crippen molar-refractivity contribution < 1.29 is 14.2 Å². The van der Waals surface area contributed by atoms with Crippen molar-refractivity contribution in [3.8, 4) is 5.75 Å². The summed E-state index contributed by atoms with van der Waals surface area (Å²) < 4.78 is 18.8. The lowest BCUT2D eigenvalue weighted by atomic mass is 10.1. The van der Waals surface area contributed by atoms with Crippen LogP contribution in [0.5, 0.6) is 5.75 Å². The number of methoxy groups -OCH3 is 1. The summed E-state index contributed by atoms with van der Waals surface area (Å²) in [6.07, 6.45) is 0.00358. The van der Waals surface area contributed by atoms with Crippen LogP contribution in [0.25, 0.3) is 0 Å². The summed E-state index contributed by atoms with van der Waals surface area (Å²) in [6, 6.07) is 8.30. The van der Waals surface area contributed by atoms with E-state index in [4.69, 9.17) is 4.74 Å². The van der Waals surface area contributed by atoms with E-state index in [9.17, 15) is 9.50 Å². The molecule has 2 rings (SSSR count). The number of halogens is 1. The largest absolute Gasteiger partial charge is 0.497 e. The second kappa shape index (κ2) is 5.50. The second-order valence-electron chi connectivity index (χ2n) is 3.95. The highest BCUT2D eigenvalue weighted by molar-refractivity contribution is 7.12. The van der Waals surface area contributed by atoms with Crippen molar-refractivity contribution in [2.75, 3.05) is 7.11 Å². The molecule has 0 radical (unpaired) electrons. The number of aliphatic hydroxyl groups is 1. The number of rotatable bonds is 4. The minimum absolute atomic E-state index is 0.278. The molecule has 0 amide bonds. The van der Waals surface area contributed by atoms with Crippen LogP contribution >= 0.6 is 11.3 Å². The highest BCUT2D eigenvalue weighted by Gasteiger charge is 2.17. The first-order valence-electron chi connectivity index (χ1n) is 5.75. The summed E-state index contributed by atoms with van der Waals surface area (Å²) >= 11 is 1.51. The van der Waals surface area contributed by atoms with Crippen LogP contribution in [0.1, 0.15) is 28.3 Å². The predicted octanol–water partition coefficient (Wildman–Crippen LogP) is 3.54. The summed E-state index contributed by atoms with van der Waals surface area (Å²) in [4.78, 5) is 1.94. The van der Waals surface area contributed by atoms with Gasteiger partial charge in [0, 0.05) is 21.4 Å². The van der Waals surface area contributed by atoms with Crippen LogP contribution in [0.2, 0.25) is 0 Å². The standard InChI is InChI=1S/C14H15FO2S/c1-3-10-5-7-13(18-10)14(16)11-6-4-9(17-2)8-12(11)15/h4-8,14,16H,3H2,1-2H3. The zero-order chi connectivity index (χ0) is 13.1. The molecule has 0 fully saturated rings. The lowest BCUT2D eigenvalue weighted by Crippen LogP contribution is -2.00. The number of hydrogen-bond acceptors (Lipinski definition) is 3. The Kier molecular flexibility index (Phi) is 3.99. The third-order valence-electron chi connectivity index (χ3n) is 2.80. The van der Waals surface area contributed by atoms with Gasteiger partial charge >= 0.3 is 0 Å². The fraction of sp³-hybridized carbons (Fsp3) is 0.286. The van der Waals surface area contributed by atoms with Crippen molar-refractivity contribution in [1.29, 1.82) is 0 Å². The van der Waals surface area contributed by atoms with Gasteiger partial charge in [0.15, 0.2) is 0 Å². The van der Waals surface area contributed by atoms with Crippen LogP contribution < -0.4 is 4.74 Å². The molecule has 0 saturated heterocycles. The summed E-state index contributed by atoms with van der Waals surface area (Å²) in [7, 11) is 1.48. The molecule has 1 atom stereocenters. The number of ether oxygens (including phenoxy) is 1. The molecule has 2 nitrogen and oxygen atoms in total. The zero-order valence-electron chi connectivity index (χ0n) is 10.3. The first-order chi connectivity index (χ1) is 8.65. The van der Waals surface area contributed by atoms with E-state index in [1.54, 1.807) is 12.1 Å². The van der Waals surface area contributed by atoms with Gasteiger partial charge in [0.25, 0.3) is 0 Å². The van der Waals surface area contributed by atoms with Crippen molar-refractivity contribution in [2.45, 2.75) is 19.4 Å². The van der Waals surface area contributed by atoms with E-state index >= 15 is 0 Å². The van der Waals surface area contributed by atoms with Crippen LogP contribution in [0.3, 0.4) is 0 Å². The smallest absolute Gasteiger partial charge is 0.133 e. The minimum atomic E-state index is -0.916. The maximum absolute atomic E-state index is 13.8. The molecule has 1 aromatic carbocycles. The molecular weight excluding hydrogens is 251 g/mol. The Morgan fingerprint density at radius 3 is 2.67 bits per heavy atom. The van der Waals surface area contributed by atoms with Gasteiger partial charge in [0.1, 0.15) is 17.7 Å². The van der Waals surface area contributed by atoms with Crippen LogP contribution in [0.4, 0.5) is 4.39 Å². The summed E-state index contributed by atoms with van der Waals surface area (Å²) in [5.74, 6) is -0.00262. The van der Waals surface area contributed by atoms with E-state index in [1.807, 2.05) is 12.1 Å². The number of thiophene rings is 1. The molecule has 0 spiro atoms. The van der Waals surface area contributed by atoms with Crippen molar-refractivity contribution in [3.05, 3.63) is 51.5 Å². The Balaban J connectivity index is 2.30. The van der Waals surface area contributed by atoms with Gasteiger partial charge in [-0.2, -0.15) is 0 Å². The molecule has 1 N–H and O–H groups in total. The number of aliphatic hydroxyl groups excluding tert-OH is 1. The van der Waals surface area contributed by atoms with Gasteiger partial charge in [0.05, 0.1) is 7.11 Å². The average molecular weight is 266 g/mol. The molecular formula is C14H15FO2S. The van der Waals surface area contributed by atoms with E-state index in [1.165, 1.54) is 29.4 Å². The normalized spacial score (nSPS) is 12.4. The monoisotopic (exact) mass is 266 g/mol. The Morgan fingerprint density at radius 2 is 2.11 bits per heavy atom. The highest BCUT2D eigenvalue weighted by atomic mass is 32.1. The summed E-state index contributed by atoms with van der Waals surface area (Å²) in [5, 5.41) is 10.2. The van der Waals surface area contributed by atoms with Crippen LogP contribution in [0, 0.1) is 5.82 Å². The Bertz CT molecular complexity index is 536. The molecule has 1 aromatic heterocycles. The molecule has 96 valence electrons. The quantitative estimate of drug-likeness (QED) is 0.917. The van der Waals surface area contributed by atoms with Gasteiger partial charge in [-0.25, -0.2) is 4.39 Å². The molecule has 0 saturated carbocycles. The van der Waals surface area contributed by atoms with E-state index < -0.39 is 11.9 Å². The number of aryl methyl sites for hydroxylation is 1. The van der Waals surface area contributed by atoms with Crippen LogP contribution in [0.15, 0.2) is 30.3 Å². The van der Waals surface area contributed by atoms with E-state index in [0.717, 1.165) is 11.3 Å². The van der Waals surface area contributed by atoms with Gasteiger partial charge < -0.3 is 9.84 Å². The Morgan fingerprint density at radius 1 is 1.33 bits per heavy atom. The maximum Gasteiger partial charge on any atom is 0.133 e. The fourth-order valence-electron chi connectivity index (χ4n) is 1.74. The van der Waals surface area contributed by atoms with Gasteiger partial charge in [-0.05, 0) is 30.7 Å². The van der Waals surface area contributed by atoms with Crippen molar-refractivity contribution >= 4 is 11.3 Å². The van der Waals surface area contributed by atoms with Gasteiger partial charge in [-0.1, -0.05) is 6.92 Å². The Labute approximate surface area is 110 Å². The SMILES string of the molecule is CCc1ccc(C(O)c2ccc(OC)cc2F)s1. The predicted molar refractivity (Wildman–Crippen MR) is 70.7 cm³/mol. The molecule has 0 bridgehead atoms. The summed E-state index contributed by atoms with van der Waals surface area (Å²) in [5.41, 5.74) is 0.278. The number of benzene rings is 1. The Hall–Kier alpha value is -1.39. The summed E-state index contributed by atoms with van der Waals surface area (Å²) in [6.45, 7) is 2.05. The van der Waals surface area contributed by atoms with Crippen LogP contribution in [-0.4, -0.2) is 12.2 Å². The third-order valence-corrected chi connectivity index (χ3v) is 4.08. The average Bonchev–Trinajstić information content (AvgIpc) is 2.86. The lowest BCUT2D eigenvalue weighted by Gasteiger charge is -2.11. The van der Waals surface area contributed by atoms with Gasteiger partial charge in [-0.3, -0.25) is 0 Å². The first-order valence-corrected chi connectivity index (χ1v) is 6.57. The molecule has 4 heteroatoms. The highest BCUT2D eigenvalue weighted by Crippen LogP contribution is 2.31. The molecule has 1 heterocycles. The zero-order valence-corrected chi connectivity index (χ0v) is 11.1. The fourth-order valence-corrected chi connectivity index (χ4v) is 2.70. The minimum Gasteiger partial charge on any atom is -0.497 e. The van der Waals surface area contributed by atoms with E-state index in [-0.39, 0.29) is 5.56 Å². The van der Waals surface area contributed by atoms with Gasteiger partial charge in [-0.15, -0.1) is 11.3 Å². The third kappa shape index (κ3) is 2.54.